The number of nitrogens with one attached hydrogen (secondary N) is 2. The van der Waals surface area contributed by atoms with Crippen molar-refractivity contribution in [2.45, 2.75) is 23.9 Å². The second-order valence-electron chi connectivity index (χ2n) is 5.88. The monoisotopic (exact) mass is 394 g/mol. The number of rotatable bonds is 6. The van der Waals surface area contributed by atoms with Crippen LogP contribution >= 0.6 is 11.8 Å². The summed E-state index contributed by atoms with van der Waals surface area (Å²) >= 11 is 1.24. The minimum Gasteiger partial charge on any atom is -0.467 e. The van der Waals surface area contributed by atoms with E-state index < -0.39 is 17.2 Å². The summed E-state index contributed by atoms with van der Waals surface area (Å²) in [6.45, 7) is 4.84. The van der Waals surface area contributed by atoms with Crippen LogP contribution in [0.3, 0.4) is 0 Å². The molecular formula is C16H22N6O4S. The highest BCUT2D eigenvalue weighted by molar-refractivity contribution is 8.00. The lowest BCUT2D eigenvalue weighted by atomic mass is 10.4. The number of ether oxygens (including phenoxy) is 1. The topological polar surface area (TPSA) is 115 Å². The highest BCUT2D eigenvalue weighted by Crippen LogP contribution is 2.27. The van der Waals surface area contributed by atoms with E-state index in [0.717, 1.165) is 5.76 Å². The lowest BCUT2D eigenvalue weighted by Crippen LogP contribution is -2.41. The summed E-state index contributed by atoms with van der Waals surface area (Å²) in [5, 5.41) is 13.3. The van der Waals surface area contributed by atoms with E-state index in [4.69, 9.17) is 9.15 Å². The van der Waals surface area contributed by atoms with Crippen molar-refractivity contribution in [3.63, 3.8) is 0 Å². The molecule has 1 unspecified atom stereocenters. The summed E-state index contributed by atoms with van der Waals surface area (Å²) < 4.78 is 12.8. The second-order valence-corrected chi connectivity index (χ2v) is 7.18. The van der Waals surface area contributed by atoms with Gasteiger partial charge in [-0.15, -0.1) is 10.2 Å². The number of urea groups is 1. The summed E-state index contributed by atoms with van der Waals surface area (Å²) in [5.41, 5.74) is 0. The van der Waals surface area contributed by atoms with Gasteiger partial charge in [0.1, 0.15) is 5.76 Å². The van der Waals surface area contributed by atoms with E-state index in [2.05, 4.69) is 25.7 Å². The Morgan fingerprint density at radius 2 is 2.11 bits per heavy atom. The average Bonchev–Trinajstić information content (AvgIpc) is 3.33. The number of anilines is 1. The first-order chi connectivity index (χ1) is 13.1. The Morgan fingerprint density at radius 1 is 1.33 bits per heavy atom. The Bertz CT molecular complexity index is 772. The number of nitrogens with zero attached hydrogens (tertiary/aromatic N) is 4. The maximum atomic E-state index is 12.2. The molecule has 1 atom stereocenters. The summed E-state index contributed by atoms with van der Waals surface area (Å²) in [7, 11) is 1.45. The van der Waals surface area contributed by atoms with E-state index in [9.17, 15) is 9.59 Å². The van der Waals surface area contributed by atoms with E-state index in [1.807, 2.05) is 16.7 Å². The van der Waals surface area contributed by atoms with E-state index in [0.29, 0.717) is 44.0 Å². The molecule has 11 heteroatoms. The van der Waals surface area contributed by atoms with Crippen LogP contribution in [-0.4, -0.2) is 65.3 Å². The van der Waals surface area contributed by atoms with Crippen molar-refractivity contribution in [1.29, 1.82) is 0 Å². The van der Waals surface area contributed by atoms with Crippen molar-refractivity contribution >= 4 is 29.6 Å². The molecule has 3 amide bonds. The smallest absolute Gasteiger partial charge is 0.321 e. The zero-order chi connectivity index (χ0) is 19.2. The van der Waals surface area contributed by atoms with Gasteiger partial charge in [-0.25, -0.2) is 4.79 Å². The number of morpholine rings is 1. The van der Waals surface area contributed by atoms with Crippen LogP contribution < -0.4 is 15.5 Å². The van der Waals surface area contributed by atoms with Crippen molar-refractivity contribution < 1.29 is 18.7 Å². The molecule has 0 bridgehead atoms. The number of hydrogen-bond acceptors (Lipinski definition) is 8. The molecule has 1 aliphatic heterocycles. The fourth-order valence-corrected chi connectivity index (χ4v) is 3.39. The van der Waals surface area contributed by atoms with Gasteiger partial charge in [-0.05, 0) is 19.1 Å². The Balaban J connectivity index is 1.80. The number of furan rings is 1. The fourth-order valence-electron chi connectivity index (χ4n) is 2.55. The molecule has 2 N–H and O–H groups in total. The quantitative estimate of drug-likeness (QED) is 0.688. The Labute approximate surface area is 160 Å². The summed E-state index contributed by atoms with van der Waals surface area (Å²) in [6.07, 6.45) is 1.61. The van der Waals surface area contributed by atoms with E-state index in [-0.39, 0.29) is 0 Å². The number of imide groups is 1. The number of hydrogen-bond donors (Lipinski definition) is 2. The Kier molecular flexibility index (Phi) is 6.35. The lowest BCUT2D eigenvalue weighted by molar-refractivity contribution is -0.119. The molecule has 3 rings (SSSR count). The van der Waals surface area contributed by atoms with Crippen molar-refractivity contribution in [3.8, 4) is 0 Å². The first-order valence-electron chi connectivity index (χ1n) is 8.56. The van der Waals surface area contributed by atoms with Gasteiger partial charge < -0.3 is 19.4 Å². The third-order valence-corrected chi connectivity index (χ3v) is 5.08. The Hall–Kier alpha value is -2.53. The fraction of sp³-hybridized carbons (Fsp3) is 0.500. The highest BCUT2D eigenvalue weighted by Gasteiger charge is 2.25. The van der Waals surface area contributed by atoms with Crippen LogP contribution in [0.15, 0.2) is 28.0 Å². The predicted octanol–water partition coefficient (Wildman–Crippen LogP) is 0.692. The summed E-state index contributed by atoms with van der Waals surface area (Å²) in [4.78, 5) is 25.6. The number of carbonyl (C=O) groups is 2. The maximum Gasteiger partial charge on any atom is 0.321 e. The van der Waals surface area contributed by atoms with Gasteiger partial charge in [0.25, 0.3) is 0 Å². The number of carbonyl (C=O) groups excluding carboxylic acids is 2. The van der Waals surface area contributed by atoms with Crippen LogP contribution in [0.4, 0.5) is 10.7 Å². The average molecular weight is 394 g/mol. The van der Waals surface area contributed by atoms with Crippen molar-refractivity contribution in [1.82, 2.24) is 25.4 Å². The predicted molar refractivity (Wildman–Crippen MR) is 98.8 cm³/mol. The van der Waals surface area contributed by atoms with Gasteiger partial charge in [0.15, 0.2) is 5.16 Å². The van der Waals surface area contributed by atoms with Crippen LogP contribution in [0.1, 0.15) is 12.7 Å². The van der Waals surface area contributed by atoms with Gasteiger partial charge in [0.05, 0.1) is 31.3 Å². The molecule has 0 aliphatic carbocycles. The van der Waals surface area contributed by atoms with Gasteiger partial charge in [-0.3, -0.25) is 14.7 Å². The minimum atomic E-state index is -0.543. The molecule has 27 heavy (non-hydrogen) atoms. The van der Waals surface area contributed by atoms with E-state index in [1.54, 1.807) is 13.2 Å². The van der Waals surface area contributed by atoms with Gasteiger partial charge >= 0.3 is 6.03 Å². The SMILES string of the molecule is CNC(=O)NC(=O)C(C)Sc1nnc(N2CCOCC2)n1Cc1ccco1. The molecular weight excluding hydrogens is 372 g/mol. The number of aromatic nitrogens is 3. The zero-order valence-corrected chi connectivity index (χ0v) is 16.0. The van der Waals surface area contributed by atoms with Gasteiger partial charge in [-0.1, -0.05) is 11.8 Å². The van der Waals surface area contributed by atoms with Crippen molar-refractivity contribution in [2.75, 3.05) is 38.3 Å². The van der Waals surface area contributed by atoms with Crippen LogP contribution in [0.2, 0.25) is 0 Å². The highest BCUT2D eigenvalue weighted by atomic mass is 32.2. The normalized spacial score (nSPS) is 15.4. The molecule has 146 valence electrons. The number of thioether (sulfide) groups is 1. The van der Waals surface area contributed by atoms with Crippen molar-refractivity contribution in [2.24, 2.45) is 0 Å². The zero-order valence-electron chi connectivity index (χ0n) is 15.2. The summed E-state index contributed by atoms with van der Waals surface area (Å²) in [5.74, 6) is 1.06. The van der Waals surface area contributed by atoms with E-state index >= 15 is 0 Å². The standard InChI is InChI=1S/C16H22N6O4S/c1-11(13(23)18-14(24)17-2)27-16-20-19-15(21-5-8-25-9-6-21)22(16)10-12-4-3-7-26-12/h3-4,7,11H,5-6,8-10H2,1-2H3,(H2,17,18,23,24). The lowest BCUT2D eigenvalue weighted by Gasteiger charge is -2.27. The van der Waals surface area contributed by atoms with Crippen LogP contribution in [0, 0.1) is 0 Å². The van der Waals surface area contributed by atoms with Gasteiger partial charge in [-0.2, -0.15) is 0 Å². The number of amides is 3. The minimum absolute atomic E-state index is 0.403. The largest absolute Gasteiger partial charge is 0.467 e. The molecule has 2 aromatic heterocycles. The van der Waals surface area contributed by atoms with Crippen LogP contribution in [0.5, 0.6) is 0 Å². The van der Waals surface area contributed by atoms with Crippen LogP contribution in [0.25, 0.3) is 0 Å². The van der Waals surface area contributed by atoms with Crippen molar-refractivity contribution in [3.05, 3.63) is 24.2 Å². The molecule has 1 saturated heterocycles. The van der Waals surface area contributed by atoms with E-state index in [1.165, 1.54) is 18.8 Å². The molecule has 1 fully saturated rings. The third-order valence-electron chi connectivity index (χ3n) is 4.00. The molecule has 0 radical (unpaired) electrons. The van der Waals surface area contributed by atoms with Gasteiger partial charge in [0, 0.05) is 20.1 Å². The first-order valence-corrected chi connectivity index (χ1v) is 9.44. The molecule has 10 nitrogen and oxygen atoms in total. The molecule has 1 aliphatic rings. The Morgan fingerprint density at radius 3 is 2.78 bits per heavy atom. The summed E-state index contributed by atoms with van der Waals surface area (Å²) in [6, 6.07) is 3.15. The molecule has 3 heterocycles. The maximum absolute atomic E-state index is 12.2. The molecule has 2 aromatic rings. The molecule has 0 aromatic carbocycles. The van der Waals surface area contributed by atoms with Crippen LogP contribution in [-0.2, 0) is 16.1 Å². The van der Waals surface area contributed by atoms with Gasteiger partial charge in [0.2, 0.25) is 11.9 Å². The molecule has 0 saturated carbocycles. The first kappa shape index (κ1) is 19.2. The second kappa shape index (κ2) is 8.91. The molecule has 0 spiro atoms. The third kappa shape index (κ3) is 4.80.